The number of carbonyl (C=O) groups is 2. The molecule has 1 aliphatic carbocycles. The van der Waals surface area contributed by atoms with Crippen LogP contribution in [0.4, 0.5) is 0 Å². The third-order valence-electron chi connectivity index (χ3n) is 7.96. The number of thioether (sulfide) groups is 1. The Morgan fingerprint density at radius 1 is 1.08 bits per heavy atom. The summed E-state index contributed by atoms with van der Waals surface area (Å²) >= 11 is 1.57. The van der Waals surface area contributed by atoms with Crippen LogP contribution in [-0.4, -0.2) is 41.6 Å². The number of hydrogen-bond acceptors (Lipinski definition) is 4. The number of ether oxygens (including phenoxy) is 1. The predicted molar refractivity (Wildman–Crippen MR) is 162 cm³/mol. The van der Waals surface area contributed by atoms with Crippen molar-refractivity contribution in [2.24, 2.45) is 11.8 Å². The fraction of sp³-hybridized carbons (Fsp3) is 0.576. The number of carbonyl (C=O) groups excluding carboxylic acids is 1. The maximum absolute atomic E-state index is 13.3. The molecule has 39 heavy (non-hydrogen) atoms. The number of carboxylic acid groups (broad SMARTS) is 1. The molecule has 2 atom stereocenters. The molecule has 1 aliphatic rings. The lowest BCUT2D eigenvalue weighted by Crippen LogP contribution is -2.41. The Bertz CT molecular complexity index is 1050. The summed E-state index contributed by atoms with van der Waals surface area (Å²) in [5, 5.41) is 12.4. The lowest BCUT2D eigenvalue weighted by molar-refractivity contribution is -0.139. The summed E-state index contributed by atoms with van der Waals surface area (Å²) in [5.41, 5.74) is 4.36. The minimum absolute atomic E-state index is 0.360. The normalized spacial score (nSPS) is 15.6. The van der Waals surface area contributed by atoms with Crippen LogP contribution >= 0.6 is 11.8 Å². The first-order chi connectivity index (χ1) is 18.9. The van der Waals surface area contributed by atoms with E-state index in [2.05, 4.69) is 12.2 Å². The minimum Gasteiger partial charge on any atom is -0.480 e. The van der Waals surface area contributed by atoms with Gasteiger partial charge < -0.3 is 15.2 Å². The van der Waals surface area contributed by atoms with Gasteiger partial charge in [0, 0.05) is 12.2 Å². The van der Waals surface area contributed by atoms with Gasteiger partial charge >= 0.3 is 5.97 Å². The van der Waals surface area contributed by atoms with Gasteiger partial charge in [-0.15, -0.1) is 0 Å². The highest BCUT2D eigenvalue weighted by atomic mass is 32.2. The highest BCUT2D eigenvalue weighted by Crippen LogP contribution is 2.32. The van der Waals surface area contributed by atoms with Gasteiger partial charge in [0.25, 0.3) is 5.91 Å². The summed E-state index contributed by atoms with van der Waals surface area (Å²) in [4.78, 5) is 25.1. The van der Waals surface area contributed by atoms with Crippen molar-refractivity contribution in [2.45, 2.75) is 90.7 Å². The zero-order valence-electron chi connectivity index (χ0n) is 24.0. The van der Waals surface area contributed by atoms with E-state index in [0.717, 1.165) is 34.8 Å². The van der Waals surface area contributed by atoms with Crippen LogP contribution in [0.2, 0.25) is 0 Å². The molecule has 2 unspecified atom stereocenters. The number of benzene rings is 2. The van der Waals surface area contributed by atoms with E-state index in [1.165, 1.54) is 57.8 Å². The Labute approximate surface area is 239 Å². The van der Waals surface area contributed by atoms with E-state index in [4.69, 9.17) is 4.74 Å². The number of amides is 1. The Balaban J connectivity index is 1.75. The highest BCUT2D eigenvalue weighted by Gasteiger charge is 2.23. The van der Waals surface area contributed by atoms with E-state index < -0.39 is 12.0 Å². The van der Waals surface area contributed by atoms with Crippen LogP contribution in [0, 0.1) is 18.8 Å². The molecule has 1 saturated carbocycles. The van der Waals surface area contributed by atoms with Gasteiger partial charge in [-0.25, -0.2) is 4.79 Å². The molecule has 3 rings (SSSR count). The van der Waals surface area contributed by atoms with E-state index in [1.807, 2.05) is 55.6 Å². The number of unbranched alkanes of at least 4 members (excludes halogenated alkanes) is 1. The SMILES string of the molecule is CCCCC(COCc1ccc(C(=O)NC(CCSC)C(=O)O)c(-c2ccccc2C)c1)CC1CCCCC1. The molecule has 0 bridgehead atoms. The molecule has 0 radical (unpaired) electrons. The third-order valence-corrected chi connectivity index (χ3v) is 8.60. The van der Waals surface area contributed by atoms with Crippen LogP contribution in [0.1, 0.15) is 92.6 Å². The van der Waals surface area contributed by atoms with Crippen LogP contribution < -0.4 is 5.32 Å². The molecule has 6 heteroatoms. The minimum atomic E-state index is -1.01. The van der Waals surface area contributed by atoms with Gasteiger partial charge in [0.2, 0.25) is 0 Å². The van der Waals surface area contributed by atoms with Gasteiger partial charge in [-0.2, -0.15) is 11.8 Å². The van der Waals surface area contributed by atoms with Crippen LogP contribution in [0.25, 0.3) is 11.1 Å². The molecule has 2 aromatic rings. The van der Waals surface area contributed by atoms with Crippen LogP contribution in [-0.2, 0) is 16.1 Å². The number of rotatable bonds is 16. The average Bonchev–Trinajstić information content (AvgIpc) is 2.94. The summed E-state index contributed by atoms with van der Waals surface area (Å²) in [6.07, 6.45) is 14.1. The van der Waals surface area contributed by atoms with Gasteiger partial charge in [0.05, 0.1) is 6.61 Å². The summed E-state index contributed by atoms with van der Waals surface area (Å²) in [7, 11) is 0. The van der Waals surface area contributed by atoms with Crippen molar-refractivity contribution in [3.05, 3.63) is 59.2 Å². The zero-order chi connectivity index (χ0) is 28.0. The van der Waals surface area contributed by atoms with Crippen molar-refractivity contribution in [3.8, 4) is 11.1 Å². The molecule has 2 aromatic carbocycles. The maximum atomic E-state index is 13.3. The summed E-state index contributed by atoms with van der Waals surface area (Å²) in [5.74, 6) is 0.744. The Morgan fingerprint density at radius 3 is 2.54 bits per heavy atom. The van der Waals surface area contributed by atoms with Gasteiger partial charge in [-0.3, -0.25) is 4.79 Å². The van der Waals surface area contributed by atoms with E-state index in [9.17, 15) is 14.7 Å². The van der Waals surface area contributed by atoms with Crippen molar-refractivity contribution in [1.82, 2.24) is 5.32 Å². The van der Waals surface area contributed by atoms with Crippen molar-refractivity contribution in [3.63, 3.8) is 0 Å². The summed E-state index contributed by atoms with van der Waals surface area (Å²) in [6, 6.07) is 12.9. The van der Waals surface area contributed by atoms with Crippen LogP contribution in [0.3, 0.4) is 0 Å². The zero-order valence-corrected chi connectivity index (χ0v) is 24.9. The summed E-state index contributed by atoms with van der Waals surface area (Å²) in [6.45, 7) is 5.56. The molecule has 0 spiro atoms. The van der Waals surface area contributed by atoms with Crippen LogP contribution in [0.15, 0.2) is 42.5 Å². The lowest BCUT2D eigenvalue weighted by atomic mass is 9.81. The molecule has 0 aromatic heterocycles. The van der Waals surface area contributed by atoms with Gasteiger partial charge in [-0.1, -0.05) is 82.2 Å². The van der Waals surface area contributed by atoms with Gasteiger partial charge in [-0.05, 0) is 84.4 Å². The average molecular weight is 554 g/mol. The standard InChI is InChI=1S/C33H47NO4S/c1-4-5-12-26(20-25-13-7-6-8-14-25)22-38-23-27-16-17-29(30(21-27)28-15-10-9-11-24(28)2)32(35)34-31(33(36)37)18-19-39-3/h9-11,15-17,21,25-26,31H,4-8,12-14,18-20,22-23H2,1-3H3,(H,34,35)(H,36,37). The number of aliphatic carboxylic acids is 1. The molecule has 2 N–H and O–H groups in total. The molecular formula is C33H47NO4S. The van der Waals surface area contributed by atoms with Gasteiger partial charge in [0.1, 0.15) is 6.04 Å². The molecule has 5 nitrogen and oxygen atoms in total. The van der Waals surface area contributed by atoms with E-state index in [1.54, 1.807) is 11.8 Å². The largest absolute Gasteiger partial charge is 0.480 e. The first kappa shape index (κ1) is 31.2. The summed E-state index contributed by atoms with van der Waals surface area (Å²) < 4.78 is 6.30. The fourth-order valence-corrected chi connectivity index (χ4v) is 6.18. The molecule has 0 heterocycles. The quantitative estimate of drug-likeness (QED) is 0.221. The van der Waals surface area contributed by atoms with Crippen molar-refractivity contribution in [2.75, 3.05) is 18.6 Å². The number of aryl methyl sites for hydroxylation is 1. The fourth-order valence-electron chi connectivity index (χ4n) is 5.71. The monoisotopic (exact) mass is 553 g/mol. The van der Waals surface area contributed by atoms with Crippen molar-refractivity contribution >= 4 is 23.6 Å². The predicted octanol–water partition coefficient (Wildman–Crippen LogP) is 7.89. The maximum Gasteiger partial charge on any atom is 0.326 e. The molecular weight excluding hydrogens is 506 g/mol. The number of nitrogens with one attached hydrogen (secondary N) is 1. The highest BCUT2D eigenvalue weighted by molar-refractivity contribution is 7.98. The molecule has 0 saturated heterocycles. The third kappa shape index (κ3) is 9.99. The van der Waals surface area contributed by atoms with Crippen molar-refractivity contribution < 1.29 is 19.4 Å². The number of hydrogen-bond donors (Lipinski definition) is 2. The number of carboxylic acids is 1. The Hall–Kier alpha value is -2.31. The Morgan fingerprint density at radius 2 is 1.85 bits per heavy atom. The van der Waals surface area contributed by atoms with E-state index in [0.29, 0.717) is 30.3 Å². The molecule has 0 aliphatic heterocycles. The van der Waals surface area contributed by atoms with Gasteiger partial charge in [0.15, 0.2) is 0 Å². The molecule has 214 valence electrons. The van der Waals surface area contributed by atoms with E-state index in [-0.39, 0.29) is 5.91 Å². The molecule has 1 fully saturated rings. The van der Waals surface area contributed by atoms with Crippen LogP contribution in [0.5, 0.6) is 0 Å². The lowest BCUT2D eigenvalue weighted by Gasteiger charge is -2.26. The first-order valence-electron chi connectivity index (χ1n) is 14.7. The second-order valence-corrected chi connectivity index (χ2v) is 12.1. The topological polar surface area (TPSA) is 75.6 Å². The second kappa shape index (κ2) is 16.7. The molecule has 1 amide bonds. The Kier molecular flexibility index (Phi) is 13.4. The van der Waals surface area contributed by atoms with Crippen molar-refractivity contribution in [1.29, 1.82) is 0 Å². The first-order valence-corrected chi connectivity index (χ1v) is 16.1. The second-order valence-electron chi connectivity index (χ2n) is 11.1. The smallest absolute Gasteiger partial charge is 0.326 e. The van der Waals surface area contributed by atoms with E-state index >= 15 is 0 Å².